The number of anilines is 2. The standard InChI is InChI=1S/C18H13N7O3S2/c26-16(15-11-29-17(24-15)14-10-19-8-9-20-14)23-12-2-4-13(5-3-12)30(27,28)25-18-21-6-1-7-22-18/h1-11H,(H,23,26)(H,21,22,25). The van der Waals surface area contributed by atoms with Crippen molar-refractivity contribution < 1.29 is 13.2 Å². The zero-order chi connectivity index (χ0) is 21.0. The molecule has 2 N–H and O–H groups in total. The van der Waals surface area contributed by atoms with Gasteiger partial charge in [-0.05, 0) is 30.3 Å². The summed E-state index contributed by atoms with van der Waals surface area (Å²) >= 11 is 1.27. The van der Waals surface area contributed by atoms with E-state index in [4.69, 9.17) is 0 Å². The monoisotopic (exact) mass is 439 g/mol. The predicted molar refractivity (Wildman–Crippen MR) is 110 cm³/mol. The van der Waals surface area contributed by atoms with Gasteiger partial charge in [0.15, 0.2) is 0 Å². The summed E-state index contributed by atoms with van der Waals surface area (Å²) in [4.78, 5) is 32.5. The summed E-state index contributed by atoms with van der Waals surface area (Å²) in [6.07, 6.45) is 7.52. The summed E-state index contributed by atoms with van der Waals surface area (Å²) in [5.74, 6) is -0.454. The molecule has 12 heteroatoms. The van der Waals surface area contributed by atoms with E-state index >= 15 is 0 Å². The Hall–Kier alpha value is -3.77. The average molecular weight is 439 g/mol. The Morgan fingerprint density at radius 1 is 0.967 bits per heavy atom. The molecular formula is C18H13N7O3S2. The lowest BCUT2D eigenvalue weighted by molar-refractivity contribution is 0.102. The first kappa shape index (κ1) is 19.5. The minimum Gasteiger partial charge on any atom is -0.321 e. The van der Waals surface area contributed by atoms with Gasteiger partial charge in [0.25, 0.3) is 15.9 Å². The number of carbonyl (C=O) groups excluding carboxylic acids is 1. The van der Waals surface area contributed by atoms with Crippen LogP contribution in [0.2, 0.25) is 0 Å². The third-order valence-electron chi connectivity index (χ3n) is 3.73. The summed E-state index contributed by atoms with van der Waals surface area (Å²) in [5.41, 5.74) is 1.22. The van der Waals surface area contributed by atoms with Crippen LogP contribution in [-0.2, 0) is 10.0 Å². The highest BCUT2D eigenvalue weighted by atomic mass is 32.2. The highest BCUT2D eigenvalue weighted by molar-refractivity contribution is 7.92. The Kier molecular flexibility index (Phi) is 5.41. The fraction of sp³-hybridized carbons (Fsp3) is 0. The molecule has 0 radical (unpaired) electrons. The molecule has 0 fully saturated rings. The summed E-state index contributed by atoms with van der Waals surface area (Å²) in [6, 6.07) is 7.27. The van der Waals surface area contributed by atoms with Crippen molar-refractivity contribution >= 4 is 38.9 Å². The van der Waals surface area contributed by atoms with Crippen molar-refractivity contribution in [1.29, 1.82) is 0 Å². The van der Waals surface area contributed by atoms with Crippen molar-refractivity contribution in [2.75, 3.05) is 10.0 Å². The van der Waals surface area contributed by atoms with Crippen LogP contribution < -0.4 is 10.0 Å². The number of sulfonamides is 1. The molecular weight excluding hydrogens is 426 g/mol. The van der Waals surface area contributed by atoms with Crippen LogP contribution in [0.1, 0.15) is 10.5 Å². The third kappa shape index (κ3) is 4.45. The maximum Gasteiger partial charge on any atom is 0.275 e. The molecule has 10 nitrogen and oxygen atoms in total. The fourth-order valence-corrected chi connectivity index (χ4v) is 4.07. The summed E-state index contributed by atoms with van der Waals surface area (Å²) in [5, 5.41) is 4.87. The van der Waals surface area contributed by atoms with Gasteiger partial charge in [0.2, 0.25) is 5.95 Å². The van der Waals surface area contributed by atoms with E-state index in [0.717, 1.165) is 0 Å². The van der Waals surface area contributed by atoms with Crippen LogP contribution in [-0.4, -0.2) is 39.2 Å². The number of rotatable bonds is 6. The van der Waals surface area contributed by atoms with Gasteiger partial charge >= 0.3 is 0 Å². The Morgan fingerprint density at radius 2 is 1.73 bits per heavy atom. The number of benzene rings is 1. The van der Waals surface area contributed by atoms with Crippen molar-refractivity contribution in [2.24, 2.45) is 0 Å². The topological polar surface area (TPSA) is 140 Å². The molecule has 3 heterocycles. The van der Waals surface area contributed by atoms with Gasteiger partial charge in [-0.15, -0.1) is 11.3 Å². The summed E-state index contributed by atoms with van der Waals surface area (Å²) in [7, 11) is -3.85. The molecule has 0 saturated heterocycles. The van der Waals surface area contributed by atoms with E-state index in [9.17, 15) is 13.2 Å². The Balaban J connectivity index is 1.45. The molecule has 0 bridgehead atoms. The molecule has 0 spiro atoms. The largest absolute Gasteiger partial charge is 0.321 e. The molecule has 4 rings (SSSR count). The molecule has 4 aromatic rings. The highest BCUT2D eigenvalue weighted by Crippen LogP contribution is 2.22. The number of nitrogens with one attached hydrogen (secondary N) is 2. The molecule has 0 aliphatic rings. The van der Waals surface area contributed by atoms with E-state index in [0.29, 0.717) is 16.4 Å². The van der Waals surface area contributed by atoms with Crippen LogP contribution in [0.25, 0.3) is 10.7 Å². The first-order valence-electron chi connectivity index (χ1n) is 8.44. The predicted octanol–water partition coefficient (Wildman–Crippen LogP) is 2.44. The van der Waals surface area contributed by atoms with Crippen LogP contribution in [0.15, 0.2) is 71.6 Å². The Labute approximate surface area is 175 Å². The van der Waals surface area contributed by atoms with Crippen LogP contribution >= 0.6 is 11.3 Å². The van der Waals surface area contributed by atoms with E-state index in [1.807, 2.05) is 0 Å². The number of hydrogen-bond donors (Lipinski definition) is 2. The van der Waals surface area contributed by atoms with E-state index in [1.54, 1.807) is 30.0 Å². The van der Waals surface area contributed by atoms with Crippen molar-refractivity contribution in [2.45, 2.75) is 4.90 Å². The maximum absolute atomic E-state index is 12.4. The van der Waals surface area contributed by atoms with Crippen LogP contribution in [0.4, 0.5) is 11.6 Å². The zero-order valence-electron chi connectivity index (χ0n) is 15.1. The van der Waals surface area contributed by atoms with Gasteiger partial charge in [0.05, 0.1) is 11.1 Å². The average Bonchev–Trinajstić information content (AvgIpc) is 3.26. The minimum absolute atomic E-state index is 0.00606. The second-order valence-electron chi connectivity index (χ2n) is 5.78. The Bertz CT molecular complexity index is 1260. The van der Waals surface area contributed by atoms with Crippen LogP contribution in [0, 0.1) is 0 Å². The zero-order valence-corrected chi connectivity index (χ0v) is 16.8. The summed E-state index contributed by atoms with van der Waals surface area (Å²) in [6.45, 7) is 0. The molecule has 0 unspecified atom stereocenters. The van der Waals surface area contributed by atoms with E-state index in [-0.39, 0.29) is 16.5 Å². The first-order chi connectivity index (χ1) is 14.5. The lowest BCUT2D eigenvalue weighted by Gasteiger charge is -2.08. The van der Waals surface area contributed by atoms with Gasteiger partial charge in [0, 0.05) is 35.9 Å². The quantitative estimate of drug-likeness (QED) is 0.467. The first-order valence-corrected chi connectivity index (χ1v) is 10.8. The molecule has 1 aromatic carbocycles. The van der Waals surface area contributed by atoms with Gasteiger partial charge in [0.1, 0.15) is 16.4 Å². The molecule has 30 heavy (non-hydrogen) atoms. The number of hydrogen-bond acceptors (Lipinski definition) is 9. The fourth-order valence-electron chi connectivity index (χ4n) is 2.35. The van der Waals surface area contributed by atoms with Crippen LogP contribution in [0.5, 0.6) is 0 Å². The lowest BCUT2D eigenvalue weighted by atomic mass is 10.3. The molecule has 150 valence electrons. The minimum atomic E-state index is -3.85. The van der Waals surface area contributed by atoms with Crippen molar-refractivity contribution in [1.82, 2.24) is 24.9 Å². The SMILES string of the molecule is O=C(Nc1ccc(S(=O)(=O)Nc2ncccn2)cc1)c1csc(-c2cnccn2)n1. The highest BCUT2D eigenvalue weighted by Gasteiger charge is 2.17. The van der Waals surface area contributed by atoms with Gasteiger partial charge in [-0.25, -0.2) is 28.1 Å². The van der Waals surface area contributed by atoms with Gasteiger partial charge in [-0.3, -0.25) is 14.8 Å². The molecule has 0 aliphatic carbocycles. The van der Waals surface area contributed by atoms with E-state index in [2.05, 4.69) is 35.0 Å². The molecule has 0 aliphatic heterocycles. The van der Waals surface area contributed by atoms with E-state index < -0.39 is 15.9 Å². The number of thiazole rings is 1. The molecule has 3 aromatic heterocycles. The maximum atomic E-state index is 12.4. The third-order valence-corrected chi connectivity index (χ3v) is 5.94. The van der Waals surface area contributed by atoms with Gasteiger partial charge in [-0.2, -0.15) is 0 Å². The smallest absolute Gasteiger partial charge is 0.275 e. The second-order valence-corrected chi connectivity index (χ2v) is 8.33. The second kappa shape index (κ2) is 8.31. The Morgan fingerprint density at radius 3 is 2.43 bits per heavy atom. The summed E-state index contributed by atoms with van der Waals surface area (Å²) < 4.78 is 27.1. The lowest BCUT2D eigenvalue weighted by Crippen LogP contribution is -2.15. The van der Waals surface area contributed by atoms with E-state index in [1.165, 1.54) is 48.0 Å². The van der Waals surface area contributed by atoms with Crippen molar-refractivity contribution in [3.8, 4) is 10.7 Å². The number of nitrogens with zero attached hydrogens (tertiary/aromatic N) is 5. The number of aromatic nitrogens is 5. The number of carbonyl (C=O) groups is 1. The number of amides is 1. The molecule has 0 atom stereocenters. The van der Waals surface area contributed by atoms with Gasteiger partial charge < -0.3 is 5.32 Å². The van der Waals surface area contributed by atoms with Crippen molar-refractivity contribution in [3.63, 3.8) is 0 Å². The normalized spacial score (nSPS) is 11.1. The van der Waals surface area contributed by atoms with Crippen LogP contribution in [0.3, 0.4) is 0 Å². The van der Waals surface area contributed by atoms with Crippen molar-refractivity contribution in [3.05, 3.63) is 72.4 Å². The molecule has 0 saturated carbocycles. The molecule has 1 amide bonds. The van der Waals surface area contributed by atoms with Gasteiger partial charge in [-0.1, -0.05) is 0 Å².